The summed E-state index contributed by atoms with van der Waals surface area (Å²) in [6.07, 6.45) is 6.39. The molecule has 0 aromatic carbocycles. The van der Waals surface area contributed by atoms with Gasteiger partial charge < -0.3 is 15.3 Å². The molecule has 2 heterocycles. The van der Waals surface area contributed by atoms with Crippen molar-refractivity contribution in [3.63, 3.8) is 0 Å². The number of likely N-dealkylation sites (tertiary alicyclic amines) is 1. The molecule has 21 heavy (non-hydrogen) atoms. The zero-order valence-electron chi connectivity index (χ0n) is 11.7. The van der Waals surface area contributed by atoms with Crippen molar-refractivity contribution in [2.45, 2.75) is 25.8 Å². The van der Waals surface area contributed by atoms with E-state index >= 15 is 0 Å². The summed E-state index contributed by atoms with van der Waals surface area (Å²) < 4.78 is 0. The molecule has 0 bridgehead atoms. The van der Waals surface area contributed by atoms with Crippen LogP contribution in [-0.2, 0) is 11.3 Å². The summed E-state index contributed by atoms with van der Waals surface area (Å²) in [6, 6.07) is 0. The highest BCUT2D eigenvalue weighted by Gasteiger charge is 2.58. The maximum Gasteiger partial charge on any atom is 0.407 e. The number of rotatable bonds is 3. The van der Waals surface area contributed by atoms with Gasteiger partial charge in [0.25, 0.3) is 0 Å². The molecule has 2 aliphatic rings. The fourth-order valence-corrected chi connectivity index (χ4v) is 3.15. The van der Waals surface area contributed by atoms with E-state index in [0.717, 1.165) is 24.8 Å². The molecule has 0 radical (unpaired) electrons. The molecule has 0 unspecified atom stereocenters. The van der Waals surface area contributed by atoms with Gasteiger partial charge in [-0.2, -0.15) is 0 Å². The Labute approximate surface area is 122 Å². The molecule has 112 valence electrons. The van der Waals surface area contributed by atoms with E-state index in [1.54, 1.807) is 12.4 Å². The first kappa shape index (κ1) is 13.8. The molecule has 1 aliphatic heterocycles. The number of aromatic nitrogens is 2. The predicted molar refractivity (Wildman–Crippen MR) is 73.3 cm³/mol. The first-order chi connectivity index (χ1) is 10.1. The smallest absolute Gasteiger partial charge is 0.407 e. The molecule has 1 aromatic rings. The van der Waals surface area contributed by atoms with E-state index in [0.29, 0.717) is 19.6 Å². The molecule has 2 N–H and O–H groups in total. The summed E-state index contributed by atoms with van der Waals surface area (Å²) in [6.45, 7) is 1.50. The Kier molecular flexibility index (Phi) is 3.48. The standard InChI is InChI=1S/C14H18N4O3/c19-12(17-8-10-6-15-9-16-7-10)11-5-14(11)1-3-18(4-2-14)13(20)21/h6-7,9,11H,1-5,8H2,(H,17,19)(H,20,21)/t11-/m1/s1. The van der Waals surface area contributed by atoms with E-state index < -0.39 is 6.09 Å². The molecule has 7 nitrogen and oxygen atoms in total. The lowest BCUT2D eigenvalue weighted by molar-refractivity contribution is -0.123. The van der Waals surface area contributed by atoms with Crippen molar-refractivity contribution in [2.24, 2.45) is 11.3 Å². The topological polar surface area (TPSA) is 95.4 Å². The van der Waals surface area contributed by atoms with Crippen molar-refractivity contribution in [3.05, 3.63) is 24.3 Å². The van der Waals surface area contributed by atoms with Crippen LogP contribution >= 0.6 is 0 Å². The fraction of sp³-hybridized carbons (Fsp3) is 0.571. The van der Waals surface area contributed by atoms with Gasteiger partial charge in [0, 0.05) is 43.5 Å². The summed E-state index contributed by atoms with van der Waals surface area (Å²) in [5.41, 5.74) is 0.907. The number of amides is 2. The lowest BCUT2D eigenvalue weighted by atomic mass is 9.91. The normalized spacial score (nSPS) is 22.9. The number of hydrogen-bond donors (Lipinski definition) is 2. The Morgan fingerprint density at radius 1 is 1.33 bits per heavy atom. The van der Waals surface area contributed by atoms with Gasteiger partial charge in [0.05, 0.1) is 0 Å². The number of hydrogen-bond acceptors (Lipinski definition) is 4. The minimum atomic E-state index is -0.865. The van der Waals surface area contributed by atoms with Gasteiger partial charge in [0.1, 0.15) is 6.33 Å². The van der Waals surface area contributed by atoms with Crippen molar-refractivity contribution in [3.8, 4) is 0 Å². The van der Waals surface area contributed by atoms with E-state index in [2.05, 4.69) is 15.3 Å². The Balaban J connectivity index is 1.49. The van der Waals surface area contributed by atoms with Crippen LogP contribution in [0.15, 0.2) is 18.7 Å². The molecule has 3 rings (SSSR count). The number of carbonyl (C=O) groups excluding carboxylic acids is 1. The van der Waals surface area contributed by atoms with Crippen molar-refractivity contribution in [1.82, 2.24) is 20.2 Å². The third-order valence-electron chi connectivity index (χ3n) is 4.62. The second-order valence-electron chi connectivity index (χ2n) is 5.85. The molecular formula is C14H18N4O3. The van der Waals surface area contributed by atoms with Crippen molar-refractivity contribution >= 4 is 12.0 Å². The number of carbonyl (C=O) groups is 2. The van der Waals surface area contributed by atoms with Crippen LogP contribution in [0.25, 0.3) is 0 Å². The fourth-order valence-electron chi connectivity index (χ4n) is 3.15. The minimum absolute atomic E-state index is 0.0260. The average molecular weight is 290 g/mol. The molecule has 7 heteroatoms. The minimum Gasteiger partial charge on any atom is -0.465 e. The quantitative estimate of drug-likeness (QED) is 0.861. The highest BCUT2D eigenvalue weighted by atomic mass is 16.4. The van der Waals surface area contributed by atoms with E-state index in [4.69, 9.17) is 5.11 Å². The van der Waals surface area contributed by atoms with E-state index in [1.165, 1.54) is 11.2 Å². The van der Waals surface area contributed by atoms with Gasteiger partial charge in [-0.3, -0.25) is 4.79 Å². The van der Waals surface area contributed by atoms with Gasteiger partial charge >= 0.3 is 6.09 Å². The summed E-state index contributed by atoms with van der Waals surface area (Å²) in [4.78, 5) is 32.3. The van der Waals surface area contributed by atoms with Crippen LogP contribution in [0.4, 0.5) is 4.79 Å². The third kappa shape index (κ3) is 2.81. The zero-order chi connectivity index (χ0) is 14.9. The second kappa shape index (κ2) is 5.31. The SMILES string of the molecule is O=C(NCc1cncnc1)[C@H]1CC12CCN(C(=O)O)CC2. The molecule has 1 atom stereocenters. The average Bonchev–Trinajstić information content (AvgIpc) is 3.20. The summed E-state index contributed by atoms with van der Waals surface area (Å²) in [7, 11) is 0. The maximum absolute atomic E-state index is 12.2. The lowest BCUT2D eigenvalue weighted by Crippen LogP contribution is -2.39. The first-order valence-corrected chi connectivity index (χ1v) is 7.10. The van der Waals surface area contributed by atoms with Crippen LogP contribution in [0.5, 0.6) is 0 Å². The lowest BCUT2D eigenvalue weighted by Gasteiger charge is -2.30. The van der Waals surface area contributed by atoms with Gasteiger partial charge in [0.15, 0.2) is 0 Å². The highest BCUT2D eigenvalue weighted by Crippen LogP contribution is 2.59. The van der Waals surface area contributed by atoms with Crippen molar-refractivity contribution in [2.75, 3.05) is 13.1 Å². The summed E-state index contributed by atoms with van der Waals surface area (Å²) in [5, 5.41) is 11.9. The monoisotopic (exact) mass is 290 g/mol. The largest absolute Gasteiger partial charge is 0.465 e. The Morgan fingerprint density at radius 3 is 2.62 bits per heavy atom. The van der Waals surface area contributed by atoms with Crippen molar-refractivity contribution < 1.29 is 14.7 Å². The van der Waals surface area contributed by atoms with E-state index in [-0.39, 0.29) is 17.2 Å². The molecule has 1 saturated carbocycles. The third-order valence-corrected chi connectivity index (χ3v) is 4.62. The predicted octanol–water partition coefficient (Wildman–Crippen LogP) is 0.873. The molecular weight excluding hydrogens is 272 g/mol. The molecule has 1 saturated heterocycles. The highest BCUT2D eigenvalue weighted by molar-refractivity contribution is 5.82. The van der Waals surface area contributed by atoms with Crippen molar-refractivity contribution in [1.29, 1.82) is 0 Å². The van der Waals surface area contributed by atoms with Gasteiger partial charge in [-0.1, -0.05) is 0 Å². The molecule has 1 aromatic heterocycles. The van der Waals surface area contributed by atoms with Crippen LogP contribution in [0.3, 0.4) is 0 Å². The van der Waals surface area contributed by atoms with Crippen LogP contribution < -0.4 is 5.32 Å². The van der Waals surface area contributed by atoms with Crippen LogP contribution in [-0.4, -0.2) is 45.1 Å². The maximum atomic E-state index is 12.2. The Hall–Kier alpha value is -2.18. The van der Waals surface area contributed by atoms with Crippen LogP contribution in [0, 0.1) is 11.3 Å². The van der Waals surface area contributed by atoms with Gasteiger partial charge in [-0.05, 0) is 24.7 Å². The van der Waals surface area contributed by atoms with Gasteiger partial charge in [-0.25, -0.2) is 14.8 Å². The summed E-state index contributed by atoms with van der Waals surface area (Å²) in [5.74, 6) is 0.0840. The molecule has 1 spiro atoms. The number of piperidine rings is 1. The first-order valence-electron chi connectivity index (χ1n) is 7.10. The van der Waals surface area contributed by atoms with E-state index in [1.807, 2.05) is 0 Å². The van der Waals surface area contributed by atoms with Crippen LogP contribution in [0.2, 0.25) is 0 Å². The molecule has 2 fully saturated rings. The number of nitrogens with zero attached hydrogens (tertiary/aromatic N) is 3. The zero-order valence-corrected chi connectivity index (χ0v) is 11.7. The Morgan fingerprint density at radius 2 is 2.00 bits per heavy atom. The molecule has 1 aliphatic carbocycles. The Bertz CT molecular complexity index is 540. The van der Waals surface area contributed by atoms with Crippen LogP contribution in [0.1, 0.15) is 24.8 Å². The van der Waals surface area contributed by atoms with Gasteiger partial charge in [-0.15, -0.1) is 0 Å². The van der Waals surface area contributed by atoms with Gasteiger partial charge in [0.2, 0.25) is 5.91 Å². The number of nitrogens with one attached hydrogen (secondary N) is 1. The second-order valence-corrected chi connectivity index (χ2v) is 5.85. The summed E-state index contributed by atoms with van der Waals surface area (Å²) >= 11 is 0. The molecule has 2 amide bonds. The van der Waals surface area contributed by atoms with E-state index in [9.17, 15) is 9.59 Å². The number of carboxylic acid groups (broad SMARTS) is 1.